The van der Waals surface area contributed by atoms with E-state index >= 15 is 0 Å². The van der Waals surface area contributed by atoms with Crippen LogP contribution in [0.2, 0.25) is 0 Å². The minimum Gasteiger partial charge on any atom is -0.320 e. The molecule has 0 rings (SSSR count). The lowest BCUT2D eigenvalue weighted by Gasteiger charge is -1.88. The molecule has 0 fully saturated rings. The van der Waals surface area contributed by atoms with E-state index in [1.807, 2.05) is 0 Å². The minimum absolute atomic E-state index is 0.409. The standard InChI is InChI=1S/C6H11N3/c7-3-1-2-5-9-6-4-8/h4,8-9H,3,5-7H2. The highest BCUT2D eigenvalue weighted by Gasteiger charge is 1.72. The molecule has 0 aliphatic heterocycles. The molecule has 0 saturated heterocycles. The third-order valence-electron chi connectivity index (χ3n) is 0.687. The summed E-state index contributed by atoms with van der Waals surface area (Å²) < 4.78 is 0. The SMILES string of the molecule is N=CCNCC#CCN. The van der Waals surface area contributed by atoms with Gasteiger partial charge in [0.05, 0.1) is 13.1 Å². The second-order valence-corrected chi connectivity index (χ2v) is 1.39. The Bertz CT molecular complexity index is 120. The van der Waals surface area contributed by atoms with Gasteiger partial charge in [-0.2, -0.15) is 0 Å². The van der Waals surface area contributed by atoms with E-state index in [-0.39, 0.29) is 0 Å². The van der Waals surface area contributed by atoms with Gasteiger partial charge in [-0.15, -0.1) is 0 Å². The van der Waals surface area contributed by atoms with E-state index in [4.69, 9.17) is 11.1 Å². The van der Waals surface area contributed by atoms with Crippen LogP contribution in [0, 0.1) is 17.3 Å². The molecular weight excluding hydrogens is 114 g/mol. The van der Waals surface area contributed by atoms with E-state index < -0.39 is 0 Å². The van der Waals surface area contributed by atoms with Gasteiger partial charge in [-0.05, 0) is 0 Å². The normalized spacial score (nSPS) is 7.67. The van der Waals surface area contributed by atoms with E-state index in [2.05, 4.69) is 17.2 Å². The fraction of sp³-hybridized carbons (Fsp3) is 0.500. The molecule has 9 heavy (non-hydrogen) atoms. The summed E-state index contributed by atoms with van der Waals surface area (Å²) in [5, 5.41) is 9.52. The molecule has 0 unspecified atom stereocenters. The van der Waals surface area contributed by atoms with Crippen LogP contribution in [-0.2, 0) is 0 Å². The zero-order valence-electron chi connectivity index (χ0n) is 5.28. The van der Waals surface area contributed by atoms with Crippen molar-refractivity contribution in [3.63, 3.8) is 0 Å². The van der Waals surface area contributed by atoms with Gasteiger partial charge in [0.25, 0.3) is 0 Å². The van der Waals surface area contributed by atoms with Crippen LogP contribution in [0.25, 0.3) is 0 Å². The molecule has 3 nitrogen and oxygen atoms in total. The van der Waals surface area contributed by atoms with Crippen LogP contribution in [0.5, 0.6) is 0 Å². The van der Waals surface area contributed by atoms with Gasteiger partial charge in [0, 0.05) is 12.8 Å². The monoisotopic (exact) mass is 125 g/mol. The summed E-state index contributed by atoms with van der Waals surface area (Å²) in [5.41, 5.74) is 5.10. The van der Waals surface area contributed by atoms with Gasteiger partial charge >= 0.3 is 0 Å². The molecule has 3 heteroatoms. The Kier molecular flexibility index (Phi) is 6.47. The second kappa shape index (κ2) is 7.15. The van der Waals surface area contributed by atoms with E-state index in [1.165, 1.54) is 6.21 Å². The van der Waals surface area contributed by atoms with Crippen molar-refractivity contribution in [1.29, 1.82) is 5.41 Å². The van der Waals surface area contributed by atoms with Crippen LogP contribution >= 0.6 is 0 Å². The molecule has 0 aromatic rings. The molecule has 0 radical (unpaired) electrons. The maximum absolute atomic E-state index is 6.62. The first-order chi connectivity index (χ1) is 4.41. The average Bonchev–Trinajstić information content (AvgIpc) is 1.89. The van der Waals surface area contributed by atoms with Crippen molar-refractivity contribution in [2.75, 3.05) is 19.6 Å². The predicted molar refractivity (Wildman–Crippen MR) is 38.5 cm³/mol. The molecule has 0 aliphatic carbocycles. The first kappa shape index (κ1) is 8.15. The number of hydrogen-bond acceptors (Lipinski definition) is 3. The van der Waals surface area contributed by atoms with Gasteiger partial charge in [-0.1, -0.05) is 11.8 Å². The first-order valence-corrected chi connectivity index (χ1v) is 2.77. The molecule has 0 aromatic carbocycles. The Morgan fingerprint density at radius 1 is 1.56 bits per heavy atom. The van der Waals surface area contributed by atoms with E-state index in [1.54, 1.807) is 0 Å². The Labute approximate surface area is 55.1 Å². The summed E-state index contributed by atoms with van der Waals surface area (Å²) in [6.45, 7) is 1.61. The fourth-order valence-electron chi connectivity index (χ4n) is 0.342. The summed E-state index contributed by atoms with van der Waals surface area (Å²) in [4.78, 5) is 0. The lowest BCUT2D eigenvalue weighted by molar-refractivity contribution is 0.885. The largest absolute Gasteiger partial charge is 0.320 e. The van der Waals surface area contributed by atoms with Crippen LogP contribution in [0.1, 0.15) is 0 Å². The van der Waals surface area contributed by atoms with Crippen molar-refractivity contribution >= 4 is 6.21 Å². The number of nitrogens with two attached hydrogens (primary N) is 1. The van der Waals surface area contributed by atoms with Crippen molar-refractivity contribution in [2.45, 2.75) is 0 Å². The van der Waals surface area contributed by atoms with Crippen molar-refractivity contribution in [2.24, 2.45) is 5.73 Å². The molecule has 0 heterocycles. The van der Waals surface area contributed by atoms with E-state index in [0.717, 1.165) is 0 Å². The molecule has 50 valence electrons. The first-order valence-electron chi connectivity index (χ1n) is 2.77. The molecule has 4 N–H and O–H groups in total. The zero-order valence-corrected chi connectivity index (χ0v) is 5.28. The van der Waals surface area contributed by atoms with Gasteiger partial charge in [-0.25, -0.2) is 0 Å². The topological polar surface area (TPSA) is 61.9 Å². The Morgan fingerprint density at radius 2 is 2.33 bits per heavy atom. The van der Waals surface area contributed by atoms with Crippen LogP contribution in [-0.4, -0.2) is 25.8 Å². The van der Waals surface area contributed by atoms with Crippen LogP contribution in [0.3, 0.4) is 0 Å². The summed E-state index contributed by atoms with van der Waals surface area (Å²) >= 11 is 0. The van der Waals surface area contributed by atoms with Crippen molar-refractivity contribution in [3.05, 3.63) is 0 Å². The summed E-state index contributed by atoms with van der Waals surface area (Å²) in [7, 11) is 0. The van der Waals surface area contributed by atoms with Crippen LogP contribution < -0.4 is 11.1 Å². The maximum atomic E-state index is 6.62. The molecule has 0 bridgehead atoms. The van der Waals surface area contributed by atoms with Gasteiger partial charge < -0.3 is 16.5 Å². The third-order valence-corrected chi connectivity index (χ3v) is 0.687. The smallest absolute Gasteiger partial charge is 0.0579 e. The van der Waals surface area contributed by atoms with Gasteiger partial charge in [0.1, 0.15) is 0 Å². The second-order valence-electron chi connectivity index (χ2n) is 1.39. The van der Waals surface area contributed by atoms with Gasteiger partial charge in [-0.3, -0.25) is 0 Å². The molecule has 0 spiro atoms. The Balaban J connectivity index is 2.98. The van der Waals surface area contributed by atoms with Crippen LogP contribution in [0.15, 0.2) is 0 Å². The minimum atomic E-state index is 0.409. The van der Waals surface area contributed by atoms with Crippen molar-refractivity contribution < 1.29 is 0 Å². The predicted octanol–water partition coefficient (Wildman–Crippen LogP) is -0.812. The summed E-state index contributed by atoms with van der Waals surface area (Å²) in [6.07, 6.45) is 1.30. The lowest BCUT2D eigenvalue weighted by atomic mass is 10.5. The zero-order chi connectivity index (χ0) is 6.95. The highest BCUT2D eigenvalue weighted by atomic mass is 14.8. The molecule has 0 aromatic heterocycles. The number of hydrogen-bond donors (Lipinski definition) is 3. The maximum Gasteiger partial charge on any atom is 0.0579 e. The molecule has 0 amide bonds. The quantitative estimate of drug-likeness (QED) is 0.262. The summed E-state index contributed by atoms with van der Waals surface area (Å²) in [5.74, 6) is 5.48. The number of nitrogens with one attached hydrogen (secondary N) is 2. The molecule has 0 aliphatic rings. The third kappa shape index (κ3) is 7.15. The highest BCUT2D eigenvalue weighted by molar-refractivity contribution is 5.55. The highest BCUT2D eigenvalue weighted by Crippen LogP contribution is 1.52. The number of rotatable bonds is 3. The molecule has 0 atom stereocenters. The molecule has 0 saturated carbocycles. The van der Waals surface area contributed by atoms with Crippen molar-refractivity contribution in [3.8, 4) is 11.8 Å². The fourth-order valence-corrected chi connectivity index (χ4v) is 0.342. The van der Waals surface area contributed by atoms with Crippen molar-refractivity contribution in [1.82, 2.24) is 5.32 Å². The van der Waals surface area contributed by atoms with Gasteiger partial charge in [0.15, 0.2) is 0 Å². The Hall–Kier alpha value is -0.850. The average molecular weight is 125 g/mol. The van der Waals surface area contributed by atoms with Crippen LogP contribution in [0.4, 0.5) is 0 Å². The molecular formula is C6H11N3. The van der Waals surface area contributed by atoms with Gasteiger partial charge in [0.2, 0.25) is 0 Å². The summed E-state index contributed by atoms with van der Waals surface area (Å²) in [6, 6.07) is 0. The Morgan fingerprint density at radius 3 is 2.89 bits per heavy atom. The van der Waals surface area contributed by atoms with E-state index in [9.17, 15) is 0 Å². The van der Waals surface area contributed by atoms with E-state index in [0.29, 0.717) is 19.6 Å². The lowest BCUT2D eigenvalue weighted by Crippen LogP contribution is -2.15.